The van der Waals surface area contributed by atoms with Gasteiger partial charge in [0.25, 0.3) is 5.91 Å². The molecule has 0 unspecified atom stereocenters. The van der Waals surface area contributed by atoms with E-state index in [0.29, 0.717) is 23.9 Å². The van der Waals surface area contributed by atoms with E-state index in [0.717, 1.165) is 37.0 Å². The summed E-state index contributed by atoms with van der Waals surface area (Å²) in [6, 6.07) is 11.2. The van der Waals surface area contributed by atoms with Gasteiger partial charge in [-0.3, -0.25) is 14.6 Å². The number of pyridine rings is 1. The van der Waals surface area contributed by atoms with E-state index in [2.05, 4.69) is 11.9 Å². The highest BCUT2D eigenvalue weighted by Crippen LogP contribution is 2.20. The second-order valence-electron chi connectivity index (χ2n) is 8.06. The van der Waals surface area contributed by atoms with Gasteiger partial charge in [-0.2, -0.15) is 0 Å². The number of likely N-dealkylation sites (tertiary alicyclic amines) is 1. The highest BCUT2D eigenvalue weighted by molar-refractivity contribution is 5.93. The van der Waals surface area contributed by atoms with Gasteiger partial charge >= 0.3 is 0 Å². The molecule has 1 aromatic carbocycles. The minimum atomic E-state index is -0.104. The molecular formula is C23H27N5O2. The number of piperidine rings is 1. The molecule has 7 heteroatoms. The van der Waals surface area contributed by atoms with Gasteiger partial charge in [-0.25, -0.2) is 4.98 Å². The van der Waals surface area contributed by atoms with Gasteiger partial charge in [-0.15, -0.1) is 0 Å². The summed E-state index contributed by atoms with van der Waals surface area (Å²) in [5.74, 6) is 1.38. The average molecular weight is 406 g/mol. The van der Waals surface area contributed by atoms with Crippen LogP contribution in [0, 0.1) is 5.92 Å². The number of hydrogen-bond donors (Lipinski definition) is 0. The first-order valence-corrected chi connectivity index (χ1v) is 10.4. The van der Waals surface area contributed by atoms with Crippen molar-refractivity contribution in [3.05, 3.63) is 60.2 Å². The van der Waals surface area contributed by atoms with Crippen molar-refractivity contribution in [3.8, 4) is 0 Å². The Bertz CT molecular complexity index is 1040. The molecule has 3 heterocycles. The number of benzene rings is 1. The molecule has 0 aliphatic carbocycles. The first-order valence-electron chi connectivity index (χ1n) is 10.4. The summed E-state index contributed by atoms with van der Waals surface area (Å²) in [5.41, 5.74) is 2.32. The van der Waals surface area contributed by atoms with Crippen LogP contribution in [0.3, 0.4) is 0 Å². The standard InChI is InChI=1S/C23H27N5O2/c1-17-9-13-27(14-10-17)22(29)16-28-20-6-4-3-5-19(20)25-21(28)15-26(2)23(30)18-7-11-24-12-8-18/h3-8,11-12,17H,9-10,13-16H2,1-2H3. The summed E-state index contributed by atoms with van der Waals surface area (Å²) in [4.78, 5) is 38.0. The van der Waals surface area contributed by atoms with Crippen molar-refractivity contribution in [2.75, 3.05) is 20.1 Å². The van der Waals surface area contributed by atoms with E-state index in [1.807, 2.05) is 33.7 Å². The Kier molecular flexibility index (Phi) is 5.79. The molecule has 7 nitrogen and oxygen atoms in total. The summed E-state index contributed by atoms with van der Waals surface area (Å²) in [7, 11) is 1.75. The van der Waals surface area contributed by atoms with E-state index >= 15 is 0 Å². The summed E-state index contributed by atoms with van der Waals surface area (Å²) in [6.45, 7) is 4.41. The van der Waals surface area contributed by atoms with Gasteiger partial charge in [0.15, 0.2) is 0 Å². The number of fused-ring (bicyclic) bond motifs is 1. The normalized spacial score (nSPS) is 14.8. The Balaban J connectivity index is 1.57. The molecule has 0 atom stereocenters. The molecule has 4 rings (SSSR count). The Morgan fingerprint density at radius 3 is 2.53 bits per heavy atom. The van der Waals surface area contributed by atoms with Crippen molar-refractivity contribution in [1.29, 1.82) is 0 Å². The maximum Gasteiger partial charge on any atom is 0.254 e. The minimum Gasteiger partial charge on any atom is -0.341 e. The fraction of sp³-hybridized carbons (Fsp3) is 0.391. The second-order valence-corrected chi connectivity index (χ2v) is 8.06. The zero-order valence-electron chi connectivity index (χ0n) is 17.5. The van der Waals surface area contributed by atoms with E-state index in [4.69, 9.17) is 4.98 Å². The number of hydrogen-bond acceptors (Lipinski definition) is 4. The quantitative estimate of drug-likeness (QED) is 0.654. The lowest BCUT2D eigenvalue weighted by Gasteiger charge is -2.30. The molecule has 2 amide bonds. The fourth-order valence-electron chi connectivity index (χ4n) is 3.91. The number of carbonyl (C=O) groups is 2. The number of rotatable bonds is 5. The molecule has 0 saturated carbocycles. The molecule has 156 valence electrons. The Hall–Kier alpha value is -3.22. The minimum absolute atomic E-state index is 0.104. The van der Waals surface area contributed by atoms with Crippen LogP contribution in [0.15, 0.2) is 48.8 Å². The van der Waals surface area contributed by atoms with Crippen molar-refractivity contribution in [3.63, 3.8) is 0 Å². The van der Waals surface area contributed by atoms with Crippen LogP contribution < -0.4 is 0 Å². The topological polar surface area (TPSA) is 71.3 Å². The predicted octanol–water partition coefficient (Wildman–Crippen LogP) is 2.96. The third kappa shape index (κ3) is 4.20. The third-order valence-corrected chi connectivity index (χ3v) is 5.82. The van der Waals surface area contributed by atoms with Crippen LogP contribution in [0.1, 0.15) is 35.9 Å². The first-order chi connectivity index (χ1) is 14.5. The molecule has 2 aromatic heterocycles. The maximum absolute atomic E-state index is 13.0. The van der Waals surface area contributed by atoms with Gasteiger partial charge in [0.05, 0.1) is 17.6 Å². The molecule has 1 aliphatic heterocycles. The zero-order chi connectivity index (χ0) is 21.1. The number of para-hydroxylation sites is 2. The van der Waals surface area contributed by atoms with Crippen LogP contribution in [-0.2, 0) is 17.9 Å². The van der Waals surface area contributed by atoms with Crippen LogP contribution in [0.4, 0.5) is 0 Å². The lowest BCUT2D eigenvalue weighted by Crippen LogP contribution is -2.40. The van der Waals surface area contributed by atoms with Crippen LogP contribution in [0.25, 0.3) is 11.0 Å². The van der Waals surface area contributed by atoms with Crippen molar-refractivity contribution < 1.29 is 9.59 Å². The van der Waals surface area contributed by atoms with Crippen molar-refractivity contribution in [1.82, 2.24) is 24.3 Å². The van der Waals surface area contributed by atoms with Gasteiger partial charge < -0.3 is 14.4 Å². The van der Waals surface area contributed by atoms with E-state index in [1.165, 1.54) is 0 Å². The smallest absolute Gasteiger partial charge is 0.254 e. The fourth-order valence-corrected chi connectivity index (χ4v) is 3.91. The van der Waals surface area contributed by atoms with Crippen molar-refractivity contribution >= 4 is 22.8 Å². The highest BCUT2D eigenvalue weighted by Gasteiger charge is 2.23. The summed E-state index contributed by atoms with van der Waals surface area (Å²) < 4.78 is 1.95. The van der Waals surface area contributed by atoms with Crippen LogP contribution in [0.5, 0.6) is 0 Å². The van der Waals surface area contributed by atoms with Crippen LogP contribution >= 0.6 is 0 Å². The van der Waals surface area contributed by atoms with E-state index in [-0.39, 0.29) is 18.4 Å². The predicted molar refractivity (Wildman–Crippen MR) is 115 cm³/mol. The molecule has 0 radical (unpaired) electrons. The van der Waals surface area contributed by atoms with E-state index in [9.17, 15) is 9.59 Å². The molecule has 0 spiro atoms. The number of imidazole rings is 1. The average Bonchev–Trinajstić information content (AvgIpc) is 3.11. The van der Waals surface area contributed by atoms with Gasteiger partial charge in [0.2, 0.25) is 5.91 Å². The van der Waals surface area contributed by atoms with Gasteiger partial charge in [-0.1, -0.05) is 19.1 Å². The highest BCUT2D eigenvalue weighted by atomic mass is 16.2. The van der Waals surface area contributed by atoms with Gasteiger partial charge in [0.1, 0.15) is 12.4 Å². The molecule has 0 N–H and O–H groups in total. The summed E-state index contributed by atoms with van der Waals surface area (Å²) >= 11 is 0. The third-order valence-electron chi connectivity index (χ3n) is 5.82. The molecule has 1 saturated heterocycles. The SMILES string of the molecule is CC1CCN(C(=O)Cn2c(CN(C)C(=O)c3ccncc3)nc3ccccc32)CC1. The largest absolute Gasteiger partial charge is 0.341 e. The van der Waals surface area contributed by atoms with E-state index in [1.54, 1.807) is 36.5 Å². The van der Waals surface area contributed by atoms with Gasteiger partial charge in [0, 0.05) is 38.1 Å². The first kappa shape index (κ1) is 20.1. The number of amides is 2. The zero-order valence-corrected chi connectivity index (χ0v) is 17.5. The van der Waals surface area contributed by atoms with Crippen molar-refractivity contribution in [2.24, 2.45) is 5.92 Å². The van der Waals surface area contributed by atoms with E-state index < -0.39 is 0 Å². The summed E-state index contributed by atoms with van der Waals surface area (Å²) in [5, 5.41) is 0. The Labute approximate surface area is 176 Å². The second kappa shape index (κ2) is 8.65. The van der Waals surface area contributed by atoms with Gasteiger partial charge in [-0.05, 0) is 43.0 Å². The lowest BCUT2D eigenvalue weighted by atomic mass is 9.99. The summed E-state index contributed by atoms with van der Waals surface area (Å²) in [6.07, 6.45) is 5.31. The molecular weight excluding hydrogens is 378 g/mol. The van der Waals surface area contributed by atoms with Crippen molar-refractivity contribution in [2.45, 2.75) is 32.9 Å². The number of aromatic nitrogens is 3. The number of nitrogens with zero attached hydrogens (tertiary/aromatic N) is 5. The number of carbonyl (C=O) groups excluding carboxylic acids is 2. The van der Waals surface area contributed by atoms with Crippen LogP contribution in [0.2, 0.25) is 0 Å². The lowest BCUT2D eigenvalue weighted by molar-refractivity contribution is -0.133. The van der Waals surface area contributed by atoms with Crippen LogP contribution in [-0.4, -0.2) is 56.3 Å². The monoisotopic (exact) mass is 405 g/mol. The molecule has 0 bridgehead atoms. The maximum atomic E-state index is 13.0. The molecule has 30 heavy (non-hydrogen) atoms. The molecule has 3 aromatic rings. The Morgan fingerprint density at radius 2 is 1.80 bits per heavy atom. The Morgan fingerprint density at radius 1 is 1.10 bits per heavy atom. The molecule has 1 fully saturated rings. The molecule has 1 aliphatic rings.